The predicted octanol–water partition coefficient (Wildman–Crippen LogP) is 2.24. The Morgan fingerprint density at radius 1 is 1.18 bits per heavy atom. The number of rotatable bonds is 2. The van der Waals surface area contributed by atoms with Crippen LogP contribution in [0.2, 0.25) is 0 Å². The molecule has 1 aromatic rings. The van der Waals surface area contributed by atoms with Crippen LogP contribution in [0.1, 0.15) is 24.0 Å². The molecular weight excluding hydrogens is 212 g/mol. The predicted molar refractivity (Wildman–Crippen MR) is 70.1 cm³/mol. The third-order valence-electron chi connectivity index (χ3n) is 3.20. The third kappa shape index (κ3) is 3.30. The highest BCUT2D eigenvalue weighted by molar-refractivity contribution is 5.92. The van der Waals surface area contributed by atoms with Gasteiger partial charge in [-0.2, -0.15) is 0 Å². The van der Waals surface area contributed by atoms with Crippen molar-refractivity contribution in [1.29, 1.82) is 0 Å². The Bertz CT molecular complexity index is 388. The van der Waals surface area contributed by atoms with E-state index in [1.54, 1.807) is 0 Å². The van der Waals surface area contributed by atoms with Crippen molar-refractivity contribution in [1.82, 2.24) is 5.32 Å². The van der Waals surface area contributed by atoms with E-state index in [1.165, 1.54) is 11.1 Å². The third-order valence-corrected chi connectivity index (χ3v) is 3.20. The van der Waals surface area contributed by atoms with Gasteiger partial charge in [-0.25, -0.2) is 0 Å². The second-order valence-electron chi connectivity index (χ2n) is 4.89. The van der Waals surface area contributed by atoms with Crippen molar-refractivity contribution in [2.75, 3.05) is 18.4 Å². The summed E-state index contributed by atoms with van der Waals surface area (Å²) in [7, 11) is 0. The number of carbonyl (C=O) groups is 1. The van der Waals surface area contributed by atoms with Crippen molar-refractivity contribution >= 4 is 11.6 Å². The summed E-state index contributed by atoms with van der Waals surface area (Å²) >= 11 is 0. The summed E-state index contributed by atoms with van der Waals surface area (Å²) < 4.78 is 0. The lowest BCUT2D eigenvalue weighted by atomic mass is 9.97. The van der Waals surface area contributed by atoms with E-state index in [0.717, 1.165) is 31.6 Å². The number of hydrogen-bond acceptors (Lipinski definition) is 2. The molecule has 0 bridgehead atoms. The lowest BCUT2D eigenvalue weighted by molar-refractivity contribution is -0.120. The number of carbonyl (C=O) groups excluding carboxylic acids is 1. The van der Waals surface area contributed by atoms with Gasteiger partial charge in [-0.1, -0.05) is 6.07 Å². The number of nitrogens with one attached hydrogen (secondary N) is 2. The summed E-state index contributed by atoms with van der Waals surface area (Å²) in [5.74, 6) is 0.327. The molecule has 0 aromatic heterocycles. The molecule has 1 aliphatic rings. The first-order valence-corrected chi connectivity index (χ1v) is 6.25. The molecule has 0 saturated carbocycles. The molecule has 0 aliphatic carbocycles. The standard InChI is InChI=1S/C14H20N2O/c1-10-7-11(2)9-13(8-10)16-14(17)12-3-5-15-6-4-12/h7-9,12,15H,3-6H2,1-2H3,(H,16,17). The first-order valence-electron chi connectivity index (χ1n) is 6.25. The average Bonchev–Trinajstić information content (AvgIpc) is 2.28. The van der Waals surface area contributed by atoms with E-state index in [2.05, 4.69) is 16.7 Å². The summed E-state index contributed by atoms with van der Waals surface area (Å²) in [6, 6.07) is 6.15. The molecule has 1 aromatic carbocycles. The number of aryl methyl sites for hydroxylation is 2. The number of anilines is 1. The normalized spacial score (nSPS) is 16.8. The van der Waals surface area contributed by atoms with Crippen LogP contribution in [0.25, 0.3) is 0 Å². The first kappa shape index (κ1) is 12.1. The van der Waals surface area contributed by atoms with Crippen LogP contribution < -0.4 is 10.6 Å². The van der Waals surface area contributed by atoms with Crippen LogP contribution in [0.5, 0.6) is 0 Å². The molecule has 1 amide bonds. The number of amides is 1. The van der Waals surface area contributed by atoms with Gasteiger partial charge in [0.25, 0.3) is 0 Å². The fourth-order valence-electron chi connectivity index (χ4n) is 2.38. The maximum Gasteiger partial charge on any atom is 0.227 e. The molecule has 92 valence electrons. The Balaban J connectivity index is 2.01. The number of piperidine rings is 1. The van der Waals surface area contributed by atoms with Gasteiger partial charge in [0, 0.05) is 11.6 Å². The summed E-state index contributed by atoms with van der Waals surface area (Å²) in [6.07, 6.45) is 1.88. The van der Waals surface area contributed by atoms with E-state index in [1.807, 2.05) is 26.0 Å². The lowest BCUT2D eigenvalue weighted by Crippen LogP contribution is -2.34. The van der Waals surface area contributed by atoms with Crippen LogP contribution in [0, 0.1) is 19.8 Å². The Morgan fingerprint density at radius 3 is 2.35 bits per heavy atom. The van der Waals surface area contributed by atoms with Gasteiger partial charge in [-0.15, -0.1) is 0 Å². The van der Waals surface area contributed by atoms with E-state index in [0.29, 0.717) is 0 Å². The Hall–Kier alpha value is -1.35. The van der Waals surface area contributed by atoms with Crippen molar-refractivity contribution in [2.24, 2.45) is 5.92 Å². The summed E-state index contributed by atoms with van der Waals surface area (Å²) in [6.45, 7) is 6.00. The number of benzene rings is 1. The zero-order chi connectivity index (χ0) is 12.3. The maximum absolute atomic E-state index is 12.1. The lowest BCUT2D eigenvalue weighted by Gasteiger charge is -2.22. The van der Waals surface area contributed by atoms with Crippen molar-refractivity contribution in [3.05, 3.63) is 29.3 Å². The SMILES string of the molecule is Cc1cc(C)cc(NC(=O)C2CCNCC2)c1. The minimum absolute atomic E-state index is 0.163. The van der Waals surface area contributed by atoms with Crippen molar-refractivity contribution < 1.29 is 4.79 Å². The monoisotopic (exact) mass is 232 g/mol. The molecule has 0 spiro atoms. The molecule has 3 nitrogen and oxygen atoms in total. The quantitative estimate of drug-likeness (QED) is 0.821. The van der Waals surface area contributed by atoms with Gasteiger partial charge in [0.15, 0.2) is 0 Å². The van der Waals surface area contributed by atoms with Crippen LogP contribution in [0.3, 0.4) is 0 Å². The molecule has 1 fully saturated rings. The van der Waals surface area contributed by atoms with E-state index >= 15 is 0 Å². The zero-order valence-corrected chi connectivity index (χ0v) is 10.5. The number of hydrogen-bond donors (Lipinski definition) is 2. The van der Waals surface area contributed by atoms with E-state index in [9.17, 15) is 4.79 Å². The van der Waals surface area contributed by atoms with Crippen LogP contribution >= 0.6 is 0 Å². The molecule has 0 radical (unpaired) electrons. The highest BCUT2D eigenvalue weighted by atomic mass is 16.1. The van der Waals surface area contributed by atoms with Crippen LogP contribution in [0.15, 0.2) is 18.2 Å². The minimum Gasteiger partial charge on any atom is -0.326 e. The second kappa shape index (κ2) is 5.32. The molecule has 1 saturated heterocycles. The molecule has 2 rings (SSSR count). The molecule has 1 aliphatic heterocycles. The molecule has 2 N–H and O–H groups in total. The van der Waals surface area contributed by atoms with Gasteiger partial charge in [-0.3, -0.25) is 4.79 Å². The molecular formula is C14H20N2O. The summed E-state index contributed by atoms with van der Waals surface area (Å²) in [5, 5.41) is 6.30. The highest BCUT2D eigenvalue weighted by Crippen LogP contribution is 2.18. The Morgan fingerprint density at radius 2 is 1.76 bits per heavy atom. The Kier molecular flexibility index (Phi) is 3.79. The van der Waals surface area contributed by atoms with Crippen LogP contribution in [-0.2, 0) is 4.79 Å². The van der Waals surface area contributed by atoms with E-state index in [-0.39, 0.29) is 11.8 Å². The Labute approximate surface area is 103 Å². The van der Waals surface area contributed by atoms with Gasteiger partial charge < -0.3 is 10.6 Å². The van der Waals surface area contributed by atoms with Gasteiger partial charge >= 0.3 is 0 Å². The van der Waals surface area contributed by atoms with Crippen molar-refractivity contribution in [3.8, 4) is 0 Å². The van der Waals surface area contributed by atoms with Gasteiger partial charge in [0.1, 0.15) is 0 Å². The minimum atomic E-state index is 0.163. The topological polar surface area (TPSA) is 41.1 Å². The highest BCUT2D eigenvalue weighted by Gasteiger charge is 2.20. The average molecular weight is 232 g/mol. The van der Waals surface area contributed by atoms with Crippen LogP contribution in [-0.4, -0.2) is 19.0 Å². The molecule has 3 heteroatoms. The molecule has 17 heavy (non-hydrogen) atoms. The molecule has 0 unspecified atom stereocenters. The largest absolute Gasteiger partial charge is 0.326 e. The van der Waals surface area contributed by atoms with E-state index in [4.69, 9.17) is 0 Å². The van der Waals surface area contributed by atoms with Gasteiger partial charge in [0.05, 0.1) is 0 Å². The van der Waals surface area contributed by atoms with Gasteiger partial charge in [-0.05, 0) is 63.0 Å². The first-order chi connectivity index (χ1) is 8.15. The summed E-state index contributed by atoms with van der Waals surface area (Å²) in [4.78, 5) is 12.1. The zero-order valence-electron chi connectivity index (χ0n) is 10.5. The molecule has 0 atom stereocenters. The maximum atomic E-state index is 12.1. The van der Waals surface area contributed by atoms with Gasteiger partial charge in [0.2, 0.25) is 5.91 Å². The second-order valence-corrected chi connectivity index (χ2v) is 4.89. The fraction of sp³-hybridized carbons (Fsp3) is 0.500. The fourth-order valence-corrected chi connectivity index (χ4v) is 2.38. The summed E-state index contributed by atoms with van der Waals surface area (Å²) in [5.41, 5.74) is 3.29. The van der Waals surface area contributed by atoms with Crippen LogP contribution in [0.4, 0.5) is 5.69 Å². The van der Waals surface area contributed by atoms with Crippen molar-refractivity contribution in [3.63, 3.8) is 0 Å². The molecule has 1 heterocycles. The van der Waals surface area contributed by atoms with E-state index < -0.39 is 0 Å². The smallest absolute Gasteiger partial charge is 0.227 e. The van der Waals surface area contributed by atoms with Crippen molar-refractivity contribution in [2.45, 2.75) is 26.7 Å².